The minimum atomic E-state index is -4.55. The molecule has 1 amide bonds. The topological polar surface area (TPSA) is 121 Å². The van der Waals surface area contributed by atoms with Crippen LogP contribution in [0.5, 0.6) is 11.5 Å². The van der Waals surface area contributed by atoms with Crippen molar-refractivity contribution in [3.8, 4) is 33.8 Å². The number of rotatable bonds is 4. The Bertz CT molecular complexity index is 1740. The number of hydrogen-bond acceptors (Lipinski definition) is 6. The Labute approximate surface area is 220 Å². The molecule has 5 aromatic rings. The lowest BCUT2D eigenvalue weighted by molar-refractivity contribution is -0.137. The van der Waals surface area contributed by atoms with Gasteiger partial charge in [-0.3, -0.25) is 4.79 Å². The molecule has 0 saturated carbocycles. The molecule has 0 aliphatic heterocycles. The van der Waals surface area contributed by atoms with Crippen LogP contribution in [0.1, 0.15) is 21.5 Å². The van der Waals surface area contributed by atoms with Gasteiger partial charge in [0.15, 0.2) is 0 Å². The zero-order valence-electron chi connectivity index (χ0n) is 20.4. The summed E-state index contributed by atoms with van der Waals surface area (Å²) in [6, 6.07) is 17.0. The molecule has 39 heavy (non-hydrogen) atoms. The minimum absolute atomic E-state index is 0.00476. The lowest BCUT2D eigenvalue weighted by Gasteiger charge is -2.16. The highest BCUT2D eigenvalue weighted by Crippen LogP contribution is 2.44. The van der Waals surface area contributed by atoms with Crippen molar-refractivity contribution in [3.05, 3.63) is 95.7 Å². The number of nitrogens with zero attached hydrogens (tertiary/aromatic N) is 2. The molecule has 1 heterocycles. The molecular weight excluding hydrogens is 509 g/mol. The number of amides is 1. The van der Waals surface area contributed by atoms with Crippen LogP contribution in [-0.4, -0.2) is 26.1 Å². The molecule has 0 radical (unpaired) electrons. The Hall–Kier alpha value is -5.12. The monoisotopic (exact) mass is 530 g/mol. The summed E-state index contributed by atoms with van der Waals surface area (Å²) in [5, 5.41) is 24.3. The number of nitrogens with two attached hydrogens (primary N) is 1. The van der Waals surface area contributed by atoms with Gasteiger partial charge in [-0.05, 0) is 72.1 Å². The van der Waals surface area contributed by atoms with Gasteiger partial charge in [-0.1, -0.05) is 24.3 Å². The number of aromatic hydroxyl groups is 2. The second-order valence-electron chi connectivity index (χ2n) is 8.92. The van der Waals surface area contributed by atoms with E-state index in [-0.39, 0.29) is 28.7 Å². The first kappa shape index (κ1) is 25.5. The van der Waals surface area contributed by atoms with Crippen molar-refractivity contribution in [3.63, 3.8) is 0 Å². The van der Waals surface area contributed by atoms with Crippen molar-refractivity contribution in [1.82, 2.24) is 9.97 Å². The molecule has 5 rings (SSSR count). The number of aromatic nitrogens is 2. The summed E-state index contributed by atoms with van der Waals surface area (Å²) in [6.07, 6.45) is -3.03. The summed E-state index contributed by atoms with van der Waals surface area (Å²) in [5.41, 5.74) is 8.04. The smallest absolute Gasteiger partial charge is 0.416 e. The van der Waals surface area contributed by atoms with Gasteiger partial charge in [0.25, 0.3) is 5.91 Å². The number of carbonyl (C=O) groups excluding carboxylic acids is 1. The number of carbonyl (C=O) groups is 1. The van der Waals surface area contributed by atoms with E-state index in [0.29, 0.717) is 33.2 Å². The van der Waals surface area contributed by atoms with Gasteiger partial charge in [0.05, 0.1) is 16.6 Å². The van der Waals surface area contributed by atoms with Crippen LogP contribution in [0.15, 0.2) is 79.0 Å². The van der Waals surface area contributed by atoms with Crippen LogP contribution in [0.25, 0.3) is 33.2 Å². The number of halogens is 3. The standard InChI is InChI=1S/C29H21F3N4O3/c1-15-5-6-17(27(39)35-20-4-2-3-19(13-20)29(30,31)32)11-22(15)23-12-18-14-34-28(33)36-25(18)24(26(23)38)16-7-9-21(37)10-8-16/h2-14,37-38H,1H3,(H,35,39)(H2,33,34,36). The van der Waals surface area contributed by atoms with Crippen molar-refractivity contribution >= 4 is 28.4 Å². The highest BCUT2D eigenvalue weighted by Gasteiger charge is 2.30. The maximum Gasteiger partial charge on any atom is 0.416 e. The minimum Gasteiger partial charge on any atom is -0.508 e. The van der Waals surface area contributed by atoms with Gasteiger partial charge >= 0.3 is 6.18 Å². The summed E-state index contributed by atoms with van der Waals surface area (Å²) >= 11 is 0. The number of phenolic OH excluding ortho intramolecular Hbond substituents is 2. The number of benzene rings is 4. The number of alkyl halides is 3. The third kappa shape index (κ3) is 5.04. The van der Waals surface area contributed by atoms with E-state index in [2.05, 4.69) is 15.3 Å². The third-order valence-electron chi connectivity index (χ3n) is 6.26. The van der Waals surface area contributed by atoms with Gasteiger partial charge < -0.3 is 21.3 Å². The Kier molecular flexibility index (Phi) is 6.31. The molecule has 0 aliphatic rings. The van der Waals surface area contributed by atoms with E-state index in [1.54, 1.807) is 43.3 Å². The zero-order valence-corrected chi connectivity index (χ0v) is 20.4. The third-order valence-corrected chi connectivity index (χ3v) is 6.26. The summed E-state index contributed by atoms with van der Waals surface area (Å²) < 4.78 is 39.3. The first-order chi connectivity index (χ1) is 18.5. The maximum absolute atomic E-state index is 13.1. The van der Waals surface area contributed by atoms with Crippen LogP contribution < -0.4 is 11.1 Å². The fraction of sp³-hybridized carbons (Fsp3) is 0.0690. The van der Waals surface area contributed by atoms with Gasteiger partial charge in [-0.2, -0.15) is 13.2 Å². The zero-order chi connectivity index (χ0) is 27.9. The number of fused-ring (bicyclic) bond motifs is 1. The van der Waals surface area contributed by atoms with E-state index < -0.39 is 17.6 Å². The van der Waals surface area contributed by atoms with E-state index in [1.807, 2.05) is 0 Å². The van der Waals surface area contributed by atoms with Gasteiger partial charge in [0.1, 0.15) is 11.5 Å². The quantitative estimate of drug-likeness (QED) is 0.209. The van der Waals surface area contributed by atoms with Crippen molar-refractivity contribution in [2.75, 3.05) is 11.1 Å². The van der Waals surface area contributed by atoms with E-state index in [1.165, 1.54) is 30.5 Å². The average molecular weight is 531 g/mol. The fourth-order valence-electron chi connectivity index (χ4n) is 4.32. The lowest BCUT2D eigenvalue weighted by atomic mass is 9.91. The molecule has 0 fully saturated rings. The molecule has 0 atom stereocenters. The van der Waals surface area contributed by atoms with Crippen LogP contribution in [0.3, 0.4) is 0 Å². The summed E-state index contributed by atoms with van der Waals surface area (Å²) in [5.74, 6) is -0.696. The second kappa shape index (κ2) is 9.64. The van der Waals surface area contributed by atoms with Crippen molar-refractivity contribution < 1.29 is 28.2 Å². The van der Waals surface area contributed by atoms with Crippen LogP contribution in [-0.2, 0) is 6.18 Å². The Balaban J connectivity index is 1.61. The van der Waals surface area contributed by atoms with E-state index >= 15 is 0 Å². The number of nitrogens with one attached hydrogen (secondary N) is 1. The molecule has 10 heteroatoms. The second-order valence-corrected chi connectivity index (χ2v) is 8.92. The van der Waals surface area contributed by atoms with Crippen LogP contribution in [0.4, 0.5) is 24.8 Å². The average Bonchev–Trinajstić information content (AvgIpc) is 2.89. The van der Waals surface area contributed by atoms with Gasteiger partial charge in [-0.15, -0.1) is 0 Å². The highest BCUT2D eigenvalue weighted by molar-refractivity contribution is 6.06. The Morgan fingerprint density at radius 2 is 1.69 bits per heavy atom. The van der Waals surface area contributed by atoms with Crippen molar-refractivity contribution in [2.24, 2.45) is 0 Å². The lowest BCUT2D eigenvalue weighted by Crippen LogP contribution is -2.13. The number of nitrogen functional groups attached to an aromatic ring is 1. The first-order valence-corrected chi connectivity index (χ1v) is 11.7. The number of anilines is 2. The van der Waals surface area contributed by atoms with Gasteiger partial charge in [0, 0.05) is 28.4 Å². The summed E-state index contributed by atoms with van der Waals surface area (Å²) in [7, 11) is 0. The fourth-order valence-corrected chi connectivity index (χ4v) is 4.32. The van der Waals surface area contributed by atoms with E-state index in [4.69, 9.17) is 5.73 Å². The SMILES string of the molecule is Cc1ccc(C(=O)Nc2cccc(C(F)(F)F)c2)cc1-c1cc2cnc(N)nc2c(-c2ccc(O)cc2)c1O. The van der Waals surface area contributed by atoms with Crippen molar-refractivity contribution in [2.45, 2.75) is 13.1 Å². The Morgan fingerprint density at radius 3 is 2.41 bits per heavy atom. The van der Waals surface area contributed by atoms with Crippen molar-refractivity contribution in [1.29, 1.82) is 0 Å². The predicted octanol–water partition coefficient (Wildman–Crippen LogP) is 6.54. The molecule has 0 saturated heterocycles. The molecule has 1 aromatic heterocycles. The number of hydrogen-bond donors (Lipinski definition) is 4. The highest BCUT2D eigenvalue weighted by atomic mass is 19.4. The maximum atomic E-state index is 13.1. The molecule has 7 nitrogen and oxygen atoms in total. The normalized spacial score (nSPS) is 11.5. The van der Waals surface area contributed by atoms with E-state index in [0.717, 1.165) is 17.7 Å². The van der Waals surface area contributed by atoms with Gasteiger partial charge in [-0.25, -0.2) is 9.97 Å². The molecule has 5 N–H and O–H groups in total. The Morgan fingerprint density at radius 1 is 0.949 bits per heavy atom. The predicted molar refractivity (Wildman–Crippen MR) is 142 cm³/mol. The van der Waals surface area contributed by atoms with E-state index in [9.17, 15) is 28.2 Å². The van der Waals surface area contributed by atoms with Crippen LogP contribution >= 0.6 is 0 Å². The number of phenols is 2. The van der Waals surface area contributed by atoms with Gasteiger partial charge in [0.2, 0.25) is 5.95 Å². The summed E-state index contributed by atoms with van der Waals surface area (Å²) in [6.45, 7) is 1.80. The summed E-state index contributed by atoms with van der Waals surface area (Å²) in [4.78, 5) is 21.4. The molecule has 4 aromatic carbocycles. The molecule has 0 unspecified atom stereocenters. The number of aryl methyl sites for hydroxylation is 1. The van der Waals surface area contributed by atoms with Crippen LogP contribution in [0, 0.1) is 6.92 Å². The molecule has 196 valence electrons. The van der Waals surface area contributed by atoms with Crippen LogP contribution in [0.2, 0.25) is 0 Å². The molecular formula is C29H21F3N4O3. The largest absolute Gasteiger partial charge is 0.508 e. The molecule has 0 spiro atoms. The molecule has 0 aliphatic carbocycles. The first-order valence-electron chi connectivity index (χ1n) is 11.7. The molecule has 0 bridgehead atoms.